The summed E-state index contributed by atoms with van der Waals surface area (Å²) in [6.45, 7) is 10.3. The number of carbonyl (C=O) groups excluding carboxylic acids is 1. The highest BCUT2D eigenvalue weighted by molar-refractivity contribution is 5.93. The van der Waals surface area contributed by atoms with Crippen LogP contribution in [0.5, 0.6) is 5.75 Å². The van der Waals surface area contributed by atoms with Crippen LogP contribution in [0.3, 0.4) is 0 Å². The minimum atomic E-state index is -0.139. The van der Waals surface area contributed by atoms with Gasteiger partial charge in [0.25, 0.3) is 5.91 Å². The van der Waals surface area contributed by atoms with Crippen molar-refractivity contribution in [3.63, 3.8) is 0 Å². The Morgan fingerprint density at radius 3 is 2.35 bits per heavy atom. The fraction of sp³-hybridized carbons (Fsp3) is 0.350. The fourth-order valence-corrected chi connectivity index (χ4v) is 2.68. The van der Waals surface area contributed by atoms with Gasteiger partial charge < -0.3 is 10.1 Å². The summed E-state index contributed by atoms with van der Waals surface area (Å²) < 4.78 is 5.63. The first kappa shape index (κ1) is 17.1. The van der Waals surface area contributed by atoms with Crippen molar-refractivity contribution in [3.8, 4) is 5.75 Å². The maximum atomic E-state index is 12.2. The van der Waals surface area contributed by atoms with Gasteiger partial charge in [0.15, 0.2) is 6.61 Å². The quantitative estimate of drug-likeness (QED) is 0.865. The Labute approximate surface area is 138 Å². The highest BCUT2D eigenvalue weighted by Gasteiger charge is 2.12. The van der Waals surface area contributed by atoms with E-state index >= 15 is 0 Å². The number of carbonyl (C=O) groups is 1. The molecule has 23 heavy (non-hydrogen) atoms. The Bertz CT molecular complexity index is 685. The van der Waals surface area contributed by atoms with Gasteiger partial charge in [0.2, 0.25) is 0 Å². The first-order valence-electron chi connectivity index (χ1n) is 7.97. The van der Waals surface area contributed by atoms with Crippen LogP contribution < -0.4 is 10.1 Å². The van der Waals surface area contributed by atoms with Crippen LogP contribution in [-0.2, 0) is 4.79 Å². The Hall–Kier alpha value is -2.29. The van der Waals surface area contributed by atoms with Crippen LogP contribution in [0, 0.1) is 20.8 Å². The second-order valence-corrected chi connectivity index (χ2v) is 6.35. The topological polar surface area (TPSA) is 38.3 Å². The van der Waals surface area contributed by atoms with Crippen LogP contribution in [-0.4, -0.2) is 12.5 Å². The van der Waals surface area contributed by atoms with Crippen molar-refractivity contribution in [3.05, 3.63) is 58.7 Å². The molecular weight excluding hydrogens is 286 g/mol. The number of ether oxygens (including phenoxy) is 1. The van der Waals surface area contributed by atoms with Gasteiger partial charge in [0.1, 0.15) is 5.75 Å². The van der Waals surface area contributed by atoms with Gasteiger partial charge >= 0.3 is 0 Å². The number of aryl methyl sites for hydroxylation is 3. The zero-order chi connectivity index (χ0) is 17.0. The SMILES string of the molecule is Cc1cc(C)cc(OCC(=O)Nc2c(C)cccc2C(C)C)c1. The summed E-state index contributed by atoms with van der Waals surface area (Å²) in [5, 5.41) is 3.00. The van der Waals surface area contributed by atoms with Gasteiger partial charge in [-0.1, -0.05) is 38.1 Å². The number of hydrogen-bond donors (Lipinski definition) is 1. The fourth-order valence-electron chi connectivity index (χ4n) is 2.68. The Morgan fingerprint density at radius 1 is 1.09 bits per heavy atom. The second-order valence-electron chi connectivity index (χ2n) is 6.35. The molecule has 0 bridgehead atoms. The normalized spacial score (nSPS) is 10.7. The van der Waals surface area contributed by atoms with Crippen molar-refractivity contribution in [2.24, 2.45) is 0 Å². The van der Waals surface area contributed by atoms with E-state index in [4.69, 9.17) is 4.74 Å². The minimum Gasteiger partial charge on any atom is -0.484 e. The maximum Gasteiger partial charge on any atom is 0.262 e. The average Bonchev–Trinajstić information content (AvgIpc) is 2.46. The molecule has 0 aliphatic heterocycles. The Morgan fingerprint density at radius 2 is 1.74 bits per heavy atom. The molecule has 0 fully saturated rings. The van der Waals surface area contributed by atoms with Crippen LogP contribution in [0.1, 0.15) is 42.0 Å². The van der Waals surface area contributed by atoms with Gasteiger partial charge in [0.05, 0.1) is 0 Å². The van der Waals surface area contributed by atoms with Crippen LogP contribution >= 0.6 is 0 Å². The minimum absolute atomic E-state index is 0.00869. The third-order valence-corrected chi connectivity index (χ3v) is 3.76. The molecule has 3 heteroatoms. The van der Waals surface area contributed by atoms with Gasteiger partial charge in [-0.05, 0) is 61.1 Å². The zero-order valence-electron chi connectivity index (χ0n) is 14.6. The number of hydrogen-bond acceptors (Lipinski definition) is 2. The van der Waals surface area contributed by atoms with Crippen molar-refractivity contribution in [2.75, 3.05) is 11.9 Å². The van der Waals surface area contributed by atoms with E-state index < -0.39 is 0 Å². The third-order valence-electron chi connectivity index (χ3n) is 3.76. The van der Waals surface area contributed by atoms with E-state index in [1.165, 1.54) is 0 Å². The molecule has 0 radical (unpaired) electrons. The number of anilines is 1. The van der Waals surface area contributed by atoms with E-state index in [9.17, 15) is 4.79 Å². The lowest BCUT2D eigenvalue weighted by Crippen LogP contribution is -2.21. The number of benzene rings is 2. The summed E-state index contributed by atoms with van der Waals surface area (Å²) >= 11 is 0. The van der Waals surface area contributed by atoms with Gasteiger partial charge in [0, 0.05) is 5.69 Å². The highest BCUT2D eigenvalue weighted by Crippen LogP contribution is 2.27. The van der Waals surface area contributed by atoms with Gasteiger partial charge in [-0.25, -0.2) is 0 Å². The van der Waals surface area contributed by atoms with Crippen LogP contribution in [0.25, 0.3) is 0 Å². The molecule has 0 aliphatic rings. The molecule has 2 aromatic carbocycles. The molecule has 1 amide bonds. The molecule has 0 aliphatic carbocycles. The molecule has 0 spiro atoms. The molecule has 0 heterocycles. The number of rotatable bonds is 5. The lowest BCUT2D eigenvalue weighted by molar-refractivity contribution is -0.118. The summed E-state index contributed by atoms with van der Waals surface area (Å²) in [7, 11) is 0. The molecule has 122 valence electrons. The smallest absolute Gasteiger partial charge is 0.262 e. The van der Waals surface area contributed by atoms with E-state index in [1.54, 1.807) is 0 Å². The lowest BCUT2D eigenvalue weighted by atomic mass is 9.98. The van der Waals surface area contributed by atoms with E-state index in [0.717, 1.165) is 33.7 Å². The predicted octanol–water partition coefficient (Wildman–Crippen LogP) is 4.75. The standard InChI is InChI=1S/C20H25NO2/c1-13(2)18-8-6-7-16(5)20(18)21-19(22)12-23-17-10-14(3)9-15(4)11-17/h6-11,13H,12H2,1-5H3,(H,21,22). The lowest BCUT2D eigenvalue weighted by Gasteiger charge is -2.16. The molecule has 2 rings (SSSR count). The summed E-state index contributed by atoms with van der Waals surface area (Å²) in [6.07, 6.45) is 0. The van der Waals surface area contributed by atoms with Crippen LogP contribution in [0.2, 0.25) is 0 Å². The number of amides is 1. The summed E-state index contributed by atoms with van der Waals surface area (Å²) in [5.74, 6) is 0.942. The summed E-state index contributed by atoms with van der Waals surface area (Å²) in [6, 6.07) is 12.0. The Kier molecular flexibility index (Phi) is 5.43. The average molecular weight is 311 g/mol. The first-order chi connectivity index (χ1) is 10.9. The molecule has 3 nitrogen and oxygen atoms in total. The highest BCUT2D eigenvalue weighted by atomic mass is 16.5. The van der Waals surface area contributed by atoms with Crippen LogP contribution in [0.15, 0.2) is 36.4 Å². The largest absolute Gasteiger partial charge is 0.484 e. The monoisotopic (exact) mass is 311 g/mol. The molecule has 0 saturated heterocycles. The maximum absolute atomic E-state index is 12.2. The predicted molar refractivity (Wildman–Crippen MR) is 95.3 cm³/mol. The first-order valence-corrected chi connectivity index (χ1v) is 7.97. The van der Waals surface area contributed by atoms with Crippen molar-refractivity contribution in [1.29, 1.82) is 0 Å². The number of nitrogens with one attached hydrogen (secondary N) is 1. The molecule has 0 unspecified atom stereocenters. The second kappa shape index (κ2) is 7.32. The van der Waals surface area contributed by atoms with E-state index in [1.807, 2.05) is 45.0 Å². The molecule has 0 saturated carbocycles. The van der Waals surface area contributed by atoms with Crippen LogP contribution in [0.4, 0.5) is 5.69 Å². The van der Waals surface area contributed by atoms with E-state index in [2.05, 4.69) is 31.3 Å². The van der Waals surface area contributed by atoms with Gasteiger partial charge in [-0.3, -0.25) is 4.79 Å². The van der Waals surface area contributed by atoms with Gasteiger partial charge in [-0.15, -0.1) is 0 Å². The van der Waals surface area contributed by atoms with Crippen molar-refractivity contribution < 1.29 is 9.53 Å². The van der Waals surface area contributed by atoms with Crippen molar-refractivity contribution in [1.82, 2.24) is 0 Å². The molecular formula is C20H25NO2. The van der Waals surface area contributed by atoms with Crippen molar-refractivity contribution in [2.45, 2.75) is 40.5 Å². The van der Waals surface area contributed by atoms with E-state index in [0.29, 0.717) is 5.92 Å². The molecule has 0 aromatic heterocycles. The summed E-state index contributed by atoms with van der Waals surface area (Å²) in [5.41, 5.74) is 5.36. The van der Waals surface area contributed by atoms with Crippen molar-refractivity contribution >= 4 is 11.6 Å². The number of para-hydroxylation sites is 1. The molecule has 2 aromatic rings. The molecule has 0 atom stereocenters. The van der Waals surface area contributed by atoms with E-state index in [-0.39, 0.29) is 12.5 Å². The molecule has 1 N–H and O–H groups in total. The Balaban J connectivity index is 2.06. The third kappa shape index (κ3) is 4.59. The summed E-state index contributed by atoms with van der Waals surface area (Å²) in [4.78, 5) is 12.2. The zero-order valence-corrected chi connectivity index (χ0v) is 14.6. The van der Waals surface area contributed by atoms with Gasteiger partial charge in [-0.2, -0.15) is 0 Å².